The molecule has 6 heteroatoms. The molecule has 0 spiro atoms. The fourth-order valence-electron chi connectivity index (χ4n) is 2.83. The van der Waals surface area contributed by atoms with Crippen LogP contribution in [0.15, 0.2) is 29.4 Å². The molecule has 0 aliphatic carbocycles. The van der Waals surface area contributed by atoms with Gasteiger partial charge in [0.15, 0.2) is 0 Å². The number of nitrogens with zero attached hydrogens (tertiary/aromatic N) is 4. The number of carbonyl (C=O) groups is 1. The molecule has 0 radical (unpaired) electrons. The molecule has 0 unspecified atom stereocenters. The van der Waals surface area contributed by atoms with Crippen molar-refractivity contribution in [2.75, 3.05) is 4.90 Å². The number of aryl methyl sites for hydroxylation is 2. The third-order valence-electron chi connectivity index (χ3n) is 4.04. The van der Waals surface area contributed by atoms with Gasteiger partial charge in [-0.2, -0.15) is 5.10 Å². The van der Waals surface area contributed by atoms with Crippen LogP contribution in [0.2, 0.25) is 0 Å². The van der Waals surface area contributed by atoms with Crippen LogP contribution in [0.1, 0.15) is 46.9 Å². The normalized spacial score (nSPS) is 14.3. The summed E-state index contributed by atoms with van der Waals surface area (Å²) in [5.41, 5.74) is 4.86. The van der Waals surface area contributed by atoms with Crippen molar-refractivity contribution < 1.29 is 4.79 Å². The first-order chi connectivity index (χ1) is 11.0. The number of hydrogen-bond acceptors (Lipinski definition) is 5. The molecule has 2 aromatic heterocycles. The van der Waals surface area contributed by atoms with E-state index >= 15 is 0 Å². The van der Waals surface area contributed by atoms with Crippen LogP contribution in [0.5, 0.6) is 0 Å². The Morgan fingerprint density at radius 3 is 2.87 bits per heavy atom. The third kappa shape index (κ3) is 2.56. The lowest BCUT2D eigenvalue weighted by atomic mass is 10.1. The fourth-order valence-corrected chi connectivity index (χ4v) is 2.83. The van der Waals surface area contributed by atoms with Gasteiger partial charge in [-0.1, -0.05) is 13.0 Å². The lowest BCUT2D eigenvalue weighted by Gasteiger charge is -2.15. The SMILES string of the molecule is CCc1nc(C)cc2c1CN(c1cccc(/C(C)=N/N)n1)C2=O. The molecule has 3 rings (SSSR count). The Labute approximate surface area is 135 Å². The van der Waals surface area contributed by atoms with Gasteiger partial charge in [0, 0.05) is 22.5 Å². The van der Waals surface area contributed by atoms with E-state index in [4.69, 9.17) is 5.84 Å². The number of fused-ring (bicyclic) bond motifs is 1. The van der Waals surface area contributed by atoms with Gasteiger partial charge in [-0.25, -0.2) is 4.98 Å². The van der Waals surface area contributed by atoms with Gasteiger partial charge in [-0.15, -0.1) is 0 Å². The van der Waals surface area contributed by atoms with Crippen molar-refractivity contribution in [3.05, 3.63) is 52.5 Å². The Bertz CT molecular complexity index is 813. The average molecular weight is 309 g/mol. The molecule has 23 heavy (non-hydrogen) atoms. The number of aromatic nitrogens is 2. The Hall–Kier alpha value is -2.76. The topological polar surface area (TPSA) is 84.5 Å². The van der Waals surface area contributed by atoms with Crippen molar-refractivity contribution in [2.24, 2.45) is 10.9 Å². The van der Waals surface area contributed by atoms with Crippen LogP contribution in [-0.4, -0.2) is 21.6 Å². The highest BCUT2D eigenvalue weighted by Crippen LogP contribution is 2.29. The summed E-state index contributed by atoms with van der Waals surface area (Å²) < 4.78 is 0. The maximum atomic E-state index is 12.8. The van der Waals surface area contributed by atoms with Gasteiger partial charge in [-0.3, -0.25) is 14.7 Å². The Morgan fingerprint density at radius 1 is 1.39 bits per heavy atom. The number of hydrazone groups is 1. The van der Waals surface area contributed by atoms with Crippen LogP contribution < -0.4 is 10.7 Å². The van der Waals surface area contributed by atoms with Crippen molar-refractivity contribution in [2.45, 2.75) is 33.7 Å². The number of rotatable bonds is 3. The molecule has 6 nitrogen and oxygen atoms in total. The first-order valence-electron chi connectivity index (χ1n) is 7.58. The zero-order valence-corrected chi connectivity index (χ0v) is 13.5. The summed E-state index contributed by atoms with van der Waals surface area (Å²) in [6.07, 6.45) is 0.803. The van der Waals surface area contributed by atoms with Crippen LogP contribution in [0.25, 0.3) is 0 Å². The van der Waals surface area contributed by atoms with E-state index < -0.39 is 0 Å². The zero-order chi connectivity index (χ0) is 16.6. The quantitative estimate of drug-likeness (QED) is 0.535. The second-order valence-electron chi connectivity index (χ2n) is 5.58. The standard InChI is InChI=1S/C17H19N5O/c1-4-14-13-9-22(17(23)12(13)8-10(2)19-14)16-7-5-6-15(20-16)11(3)21-18/h5-8H,4,9,18H2,1-3H3/b21-11+. The van der Waals surface area contributed by atoms with E-state index in [9.17, 15) is 4.79 Å². The minimum atomic E-state index is -0.0350. The van der Waals surface area contributed by atoms with Crippen molar-refractivity contribution in [1.29, 1.82) is 0 Å². The molecule has 1 amide bonds. The summed E-state index contributed by atoms with van der Waals surface area (Å²) in [7, 11) is 0. The van der Waals surface area contributed by atoms with Gasteiger partial charge >= 0.3 is 0 Å². The second kappa shape index (κ2) is 5.79. The molecular weight excluding hydrogens is 290 g/mol. The molecular formula is C17H19N5O. The number of hydrogen-bond donors (Lipinski definition) is 1. The van der Waals surface area contributed by atoms with E-state index in [1.165, 1.54) is 0 Å². The molecule has 118 valence electrons. The van der Waals surface area contributed by atoms with Gasteiger partial charge in [0.2, 0.25) is 0 Å². The van der Waals surface area contributed by atoms with E-state index in [1.54, 1.807) is 11.8 Å². The molecule has 0 saturated heterocycles. The summed E-state index contributed by atoms with van der Waals surface area (Å²) in [5, 5.41) is 3.66. The lowest BCUT2D eigenvalue weighted by molar-refractivity contribution is 0.0996. The molecule has 0 fully saturated rings. The molecule has 1 aliphatic heterocycles. The van der Waals surface area contributed by atoms with Crippen LogP contribution >= 0.6 is 0 Å². The summed E-state index contributed by atoms with van der Waals surface area (Å²) in [6, 6.07) is 7.36. The van der Waals surface area contributed by atoms with Crippen molar-refractivity contribution in [3.8, 4) is 0 Å². The van der Waals surface area contributed by atoms with Gasteiger partial charge < -0.3 is 5.84 Å². The highest BCUT2D eigenvalue weighted by Gasteiger charge is 2.31. The van der Waals surface area contributed by atoms with Crippen molar-refractivity contribution in [1.82, 2.24) is 9.97 Å². The first-order valence-corrected chi connectivity index (χ1v) is 7.58. The van der Waals surface area contributed by atoms with E-state index in [0.717, 1.165) is 28.9 Å². The molecule has 1 aliphatic rings. The highest BCUT2D eigenvalue weighted by molar-refractivity contribution is 6.10. The lowest BCUT2D eigenvalue weighted by Crippen LogP contribution is -2.24. The van der Waals surface area contributed by atoms with Crippen molar-refractivity contribution in [3.63, 3.8) is 0 Å². The molecule has 2 aromatic rings. The largest absolute Gasteiger partial charge is 0.323 e. The predicted molar refractivity (Wildman–Crippen MR) is 89.5 cm³/mol. The smallest absolute Gasteiger partial charge is 0.260 e. The Balaban J connectivity index is 2.03. The minimum absolute atomic E-state index is 0.0350. The maximum Gasteiger partial charge on any atom is 0.260 e. The van der Waals surface area contributed by atoms with Gasteiger partial charge in [-0.05, 0) is 38.5 Å². The first kappa shape index (κ1) is 15.1. The average Bonchev–Trinajstić information content (AvgIpc) is 2.90. The molecule has 0 aromatic carbocycles. The van der Waals surface area contributed by atoms with Crippen LogP contribution in [0.3, 0.4) is 0 Å². The number of anilines is 1. The van der Waals surface area contributed by atoms with Crippen molar-refractivity contribution >= 4 is 17.4 Å². The van der Waals surface area contributed by atoms with Crippen LogP contribution in [-0.2, 0) is 13.0 Å². The van der Waals surface area contributed by atoms with E-state index in [1.807, 2.05) is 31.2 Å². The van der Waals surface area contributed by atoms with E-state index in [2.05, 4.69) is 22.0 Å². The summed E-state index contributed by atoms with van der Waals surface area (Å²) in [4.78, 5) is 23.5. The summed E-state index contributed by atoms with van der Waals surface area (Å²) in [6.45, 7) is 6.25. The van der Waals surface area contributed by atoms with E-state index in [0.29, 0.717) is 23.8 Å². The molecule has 0 bridgehead atoms. The number of amides is 1. The molecule has 0 saturated carbocycles. The predicted octanol–water partition coefficient (Wildman–Crippen LogP) is 2.19. The maximum absolute atomic E-state index is 12.8. The Morgan fingerprint density at radius 2 is 2.17 bits per heavy atom. The second-order valence-corrected chi connectivity index (χ2v) is 5.58. The van der Waals surface area contributed by atoms with Gasteiger partial charge in [0.05, 0.1) is 18.0 Å². The number of nitrogens with two attached hydrogens (primary N) is 1. The number of pyridine rings is 2. The summed E-state index contributed by atoms with van der Waals surface area (Å²) >= 11 is 0. The minimum Gasteiger partial charge on any atom is -0.323 e. The summed E-state index contributed by atoms with van der Waals surface area (Å²) in [5.74, 6) is 5.89. The molecule has 0 atom stereocenters. The van der Waals surface area contributed by atoms with Crippen LogP contribution in [0, 0.1) is 6.92 Å². The number of carbonyl (C=O) groups excluding carboxylic acids is 1. The molecule has 2 N–H and O–H groups in total. The third-order valence-corrected chi connectivity index (χ3v) is 4.04. The monoisotopic (exact) mass is 309 g/mol. The van der Waals surface area contributed by atoms with Gasteiger partial charge in [0.25, 0.3) is 5.91 Å². The van der Waals surface area contributed by atoms with Gasteiger partial charge in [0.1, 0.15) is 5.82 Å². The van der Waals surface area contributed by atoms with E-state index in [-0.39, 0.29) is 5.91 Å². The van der Waals surface area contributed by atoms with Crippen LogP contribution in [0.4, 0.5) is 5.82 Å². The Kier molecular flexibility index (Phi) is 3.82. The zero-order valence-electron chi connectivity index (χ0n) is 13.5. The highest BCUT2D eigenvalue weighted by atomic mass is 16.2. The molecule has 3 heterocycles. The fraction of sp³-hybridized carbons (Fsp3) is 0.294.